The molecule has 128 valence electrons. The summed E-state index contributed by atoms with van der Waals surface area (Å²) in [5.74, 6) is -0.731. The van der Waals surface area contributed by atoms with Crippen LogP contribution in [-0.2, 0) is 20.3 Å². The number of methoxy groups -OCH3 is 1. The summed E-state index contributed by atoms with van der Waals surface area (Å²) in [7, 11) is -2.38. The van der Waals surface area contributed by atoms with Gasteiger partial charge < -0.3 is 4.74 Å². The van der Waals surface area contributed by atoms with Crippen LogP contribution in [0.2, 0.25) is 0 Å². The molecule has 7 heteroatoms. The maximum atomic E-state index is 12.9. The Morgan fingerprint density at radius 2 is 1.75 bits per heavy atom. The fraction of sp³-hybridized carbons (Fsp3) is 0.235. The molecule has 0 saturated heterocycles. The van der Waals surface area contributed by atoms with E-state index in [1.54, 1.807) is 13.0 Å². The van der Waals surface area contributed by atoms with Crippen LogP contribution in [0.25, 0.3) is 0 Å². The second-order valence-corrected chi connectivity index (χ2v) is 9.11. The number of hydrogen-bond acceptors (Lipinski definition) is 4. The van der Waals surface area contributed by atoms with Crippen LogP contribution in [0.1, 0.15) is 27.0 Å². The van der Waals surface area contributed by atoms with Crippen LogP contribution in [0.5, 0.6) is 0 Å². The van der Waals surface area contributed by atoms with Crippen LogP contribution >= 0.6 is 31.9 Å². The standard InChI is InChI=1S/C17H16Br2O4S/c1-10-4-5-14(18)12(6-10)9-24(21,22)16-8-13(17(20)23-3)11(2)7-15(16)19/h4-8H,9H2,1-3H3. The van der Waals surface area contributed by atoms with Crippen molar-refractivity contribution in [2.24, 2.45) is 0 Å². The van der Waals surface area contributed by atoms with E-state index in [1.807, 2.05) is 25.1 Å². The second-order valence-electron chi connectivity index (χ2n) is 5.44. The zero-order valence-electron chi connectivity index (χ0n) is 13.4. The number of ether oxygens (including phenoxy) is 1. The SMILES string of the molecule is COC(=O)c1cc(S(=O)(=O)Cc2cc(C)ccc2Br)c(Br)cc1C. The quantitative estimate of drug-likeness (QED) is 0.606. The maximum Gasteiger partial charge on any atom is 0.338 e. The Balaban J connectivity index is 2.53. The largest absolute Gasteiger partial charge is 0.465 e. The van der Waals surface area contributed by atoms with E-state index in [2.05, 4.69) is 31.9 Å². The first-order valence-corrected chi connectivity index (χ1v) is 10.3. The third-order valence-electron chi connectivity index (χ3n) is 3.57. The lowest BCUT2D eigenvalue weighted by Gasteiger charge is -2.12. The van der Waals surface area contributed by atoms with Gasteiger partial charge in [-0.25, -0.2) is 13.2 Å². The van der Waals surface area contributed by atoms with Gasteiger partial charge in [0.25, 0.3) is 0 Å². The van der Waals surface area contributed by atoms with Crippen LogP contribution in [-0.4, -0.2) is 21.5 Å². The molecule has 2 aromatic carbocycles. The Morgan fingerprint density at radius 1 is 1.08 bits per heavy atom. The Kier molecular flexibility index (Phi) is 5.88. The first kappa shape index (κ1) is 19.1. The van der Waals surface area contributed by atoms with Gasteiger partial charge in [0.15, 0.2) is 9.84 Å². The molecule has 0 spiro atoms. The first-order valence-electron chi connectivity index (χ1n) is 7.02. The topological polar surface area (TPSA) is 60.4 Å². The van der Waals surface area contributed by atoms with Gasteiger partial charge in [0, 0.05) is 8.95 Å². The van der Waals surface area contributed by atoms with Gasteiger partial charge in [0.1, 0.15) is 0 Å². The normalized spacial score (nSPS) is 11.4. The number of rotatable bonds is 4. The molecule has 0 N–H and O–H groups in total. The molecule has 0 bridgehead atoms. The third kappa shape index (κ3) is 4.07. The molecule has 0 amide bonds. The first-order chi connectivity index (χ1) is 11.2. The summed E-state index contributed by atoms with van der Waals surface area (Å²) in [6, 6.07) is 8.53. The highest BCUT2D eigenvalue weighted by Gasteiger charge is 2.23. The molecule has 0 aliphatic rings. The highest BCUT2D eigenvalue weighted by Crippen LogP contribution is 2.30. The van der Waals surface area contributed by atoms with Crippen LogP contribution in [0, 0.1) is 13.8 Å². The number of esters is 1. The summed E-state index contributed by atoms with van der Waals surface area (Å²) in [6.45, 7) is 3.63. The molecule has 0 heterocycles. The number of halogens is 2. The van der Waals surface area contributed by atoms with Gasteiger partial charge in [-0.2, -0.15) is 0 Å². The van der Waals surface area contributed by atoms with Crippen molar-refractivity contribution in [3.05, 3.63) is 61.5 Å². The number of sulfone groups is 1. The Hall–Kier alpha value is -1.18. The van der Waals surface area contributed by atoms with Crippen molar-refractivity contribution in [3.63, 3.8) is 0 Å². The van der Waals surface area contributed by atoms with E-state index in [4.69, 9.17) is 4.74 Å². The second kappa shape index (κ2) is 7.37. The van der Waals surface area contributed by atoms with Crippen LogP contribution in [0.4, 0.5) is 0 Å². The zero-order valence-corrected chi connectivity index (χ0v) is 17.4. The molecular weight excluding hydrogens is 460 g/mol. The van der Waals surface area contributed by atoms with Crippen molar-refractivity contribution in [1.29, 1.82) is 0 Å². The molecule has 2 aromatic rings. The van der Waals surface area contributed by atoms with Gasteiger partial charge in [0.2, 0.25) is 0 Å². The molecule has 0 radical (unpaired) electrons. The minimum absolute atomic E-state index is 0.0712. The lowest BCUT2D eigenvalue weighted by Crippen LogP contribution is -2.10. The van der Waals surface area contributed by atoms with E-state index in [9.17, 15) is 13.2 Å². The molecule has 0 unspecified atom stereocenters. The lowest BCUT2D eigenvalue weighted by atomic mass is 10.1. The molecule has 2 rings (SSSR count). The number of hydrogen-bond donors (Lipinski definition) is 0. The molecule has 0 fully saturated rings. The van der Waals surface area contributed by atoms with E-state index in [-0.39, 0.29) is 16.2 Å². The Bertz CT molecular complexity index is 905. The van der Waals surface area contributed by atoms with Gasteiger partial charge in [-0.15, -0.1) is 0 Å². The summed E-state index contributed by atoms with van der Waals surface area (Å²) in [6.07, 6.45) is 0. The lowest BCUT2D eigenvalue weighted by molar-refractivity contribution is 0.0599. The molecule has 0 aliphatic heterocycles. The van der Waals surface area contributed by atoms with Crippen molar-refractivity contribution >= 4 is 47.7 Å². The van der Waals surface area contributed by atoms with Gasteiger partial charge >= 0.3 is 5.97 Å². The van der Waals surface area contributed by atoms with Crippen molar-refractivity contribution in [1.82, 2.24) is 0 Å². The highest BCUT2D eigenvalue weighted by atomic mass is 79.9. The van der Waals surface area contributed by atoms with Gasteiger partial charge in [-0.3, -0.25) is 0 Å². The number of carbonyl (C=O) groups excluding carboxylic acids is 1. The van der Waals surface area contributed by atoms with Gasteiger partial charge in [-0.05, 0) is 59.1 Å². The van der Waals surface area contributed by atoms with Crippen molar-refractivity contribution in [2.45, 2.75) is 24.5 Å². The van der Waals surface area contributed by atoms with E-state index in [0.717, 1.165) is 10.0 Å². The van der Waals surface area contributed by atoms with Crippen LogP contribution in [0.3, 0.4) is 0 Å². The van der Waals surface area contributed by atoms with E-state index < -0.39 is 15.8 Å². The van der Waals surface area contributed by atoms with Crippen LogP contribution < -0.4 is 0 Å². The molecular formula is C17H16Br2O4S. The summed E-state index contributed by atoms with van der Waals surface area (Å²) < 4.78 is 31.6. The molecule has 0 aromatic heterocycles. The summed E-state index contributed by atoms with van der Waals surface area (Å²) in [4.78, 5) is 11.9. The molecule has 4 nitrogen and oxygen atoms in total. The number of benzene rings is 2. The summed E-state index contributed by atoms with van der Waals surface area (Å²) in [5, 5.41) is 0. The summed E-state index contributed by atoms with van der Waals surface area (Å²) >= 11 is 6.68. The minimum Gasteiger partial charge on any atom is -0.465 e. The Morgan fingerprint density at radius 3 is 2.38 bits per heavy atom. The summed E-state index contributed by atoms with van der Waals surface area (Å²) in [5.41, 5.74) is 2.52. The predicted molar refractivity (Wildman–Crippen MR) is 100.0 cm³/mol. The fourth-order valence-electron chi connectivity index (χ4n) is 2.32. The van der Waals surface area contributed by atoms with Crippen molar-refractivity contribution < 1.29 is 17.9 Å². The van der Waals surface area contributed by atoms with Gasteiger partial charge in [-0.1, -0.05) is 33.6 Å². The monoisotopic (exact) mass is 474 g/mol. The number of carbonyl (C=O) groups is 1. The predicted octanol–water partition coefficient (Wildman–Crippen LogP) is 4.59. The fourth-order valence-corrected chi connectivity index (χ4v) is 5.54. The van der Waals surface area contributed by atoms with E-state index in [1.165, 1.54) is 13.2 Å². The molecule has 0 saturated carbocycles. The Labute approximate surface area is 158 Å². The van der Waals surface area contributed by atoms with Gasteiger partial charge in [0.05, 0.1) is 23.3 Å². The average Bonchev–Trinajstić information content (AvgIpc) is 2.49. The highest BCUT2D eigenvalue weighted by molar-refractivity contribution is 9.10. The van der Waals surface area contributed by atoms with Crippen molar-refractivity contribution in [3.8, 4) is 0 Å². The number of aryl methyl sites for hydroxylation is 2. The minimum atomic E-state index is -3.65. The van der Waals surface area contributed by atoms with Crippen LogP contribution in [0.15, 0.2) is 44.2 Å². The molecule has 0 atom stereocenters. The third-order valence-corrected chi connectivity index (χ3v) is 6.96. The maximum absolute atomic E-state index is 12.9. The van der Waals surface area contributed by atoms with E-state index >= 15 is 0 Å². The van der Waals surface area contributed by atoms with E-state index in [0.29, 0.717) is 15.6 Å². The smallest absolute Gasteiger partial charge is 0.338 e. The molecule has 24 heavy (non-hydrogen) atoms. The molecule has 0 aliphatic carbocycles. The zero-order chi connectivity index (χ0) is 18.1. The van der Waals surface area contributed by atoms with Crippen molar-refractivity contribution in [2.75, 3.05) is 7.11 Å². The average molecular weight is 476 g/mol.